The first kappa shape index (κ1) is 28.0. The Labute approximate surface area is 223 Å². The molecule has 1 heterocycles. The Hall–Kier alpha value is -4.02. The summed E-state index contributed by atoms with van der Waals surface area (Å²) in [6, 6.07) is 10.3. The summed E-state index contributed by atoms with van der Waals surface area (Å²) in [5.74, 6) is -2.56. The summed E-state index contributed by atoms with van der Waals surface area (Å²) < 4.78 is 60.6. The van der Waals surface area contributed by atoms with E-state index >= 15 is 13.2 Å². The first-order valence-corrected chi connectivity index (χ1v) is 12.1. The molecule has 2 amide bonds. The highest BCUT2D eigenvalue weighted by Gasteiger charge is 2.71. The average molecular weight is 547 g/mol. The molecular weight excluding hydrogens is 517 g/mol. The van der Waals surface area contributed by atoms with Crippen LogP contribution in [0.1, 0.15) is 42.6 Å². The molecule has 0 bridgehead atoms. The number of amides is 2. The van der Waals surface area contributed by atoms with Gasteiger partial charge in [0.2, 0.25) is 5.54 Å². The fraction of sp³-hybridized carbons (Fsp3) is 0.393. The number of allylic oxidation sites excluding steroid dienone is 1. The number of ether oxygens (including phenoxy) is 3. The molecular formula is C28H29F3N2O6. The molecule has 2 aromatic rings. The summed E-state index contributed by atoms with van der Waals surface area (Å²) in [6.07, 6.45) is -5.48. The number of halogens is 3. The number of nitrogens with one attached hydrogen (secondary N) is 1. The Kier molecular flexibility index (Phi) is 7.14. The van der Waals surface area contributed by atoms with Crippen molar-refractivity contribution in [3.8, 4) is 17.2 Å². The van der Waals surface area contributed by atoms with Gasteiger partial charge in [0.15, 0.2) is 17.3 Å². The van der Waals surface area contributed by atoms with Crippen molar-refractivity contribution in [2.75, 3.05) is 21.3 Å². The van der Waals surface area contributed by atoms with Gasteiger partial charge in [-0.2, -0.15) is 13.2 Å². The van der Waals surface area contributed by atoms with E-state index in [-0.39, 0.29) is 42.1 Å². The van der Waals surface area contributed by atoms with Gasteiger partial charge in [0.1, 0.15) is 5.75 Å². The first-order valence-electron chi connectivity index (χ1n) is 12.1. The minimum atomic E-state index is -5.32. The fourth-order valence-corrected chi connectivity index (χ4v) is 5.13. The molecule has 4 rings (SSSR count). The maximum absolute atomic E-state index is 15.0. The van der Waals surface area contributed by atoms with Crippen LogP contribution in [0.3, 0.4) is 0 Å². The second-order valence-corrected chi connectivity index (χ2v) is 10.3. The lowest BCUT2D eigenvalue weighted by Crippen LogP contribution is -2.66. The van der Waals surface area contributed by atoms with E-state index in [9.17, 15) is 14.4 Å². The molecule has 39 heavy (non-hydrogen) atoms. The molecule has 2 aliphatic rings. The number of alkyl halides is 3. The van der Waals surface area contributed by atoms with Crippen LogP contribution in [0.2, 0.25) is 0 Å². The molecule has 0 aromatic heterocycles. The monoisotopic (exact) mass is 546 g/mol. The number of carbonyl (C=O) groups excluding carboxylic acids is 3. The Bertz CT molecular complexity index is 1350. The van der Waals surface area contributed by atoms with E-state index < -0.39 is 40.3 Å². The van der Waals surface area contributed by atoms with E-state index in [1.807, 2.05) is 5.32 Å². The fourth-order valence-electron chi connectivity index (χ4n) is 5.13. The lowest BCUT2D eigenvalue weighted by Gasteiger charge is -2.35. The number of nitrogens with zero attached hydrogens (tertiary/aromatic N) is 1. The third kappa shape index (κ3) is 4.81. The van der Waals surface area contributed by atoms with E-state index in [2.05, 4.69) is 0 Å². The molecule has 0 saturated carbocycles. The summed E-state index contributed by atoms with van der Waals surface area (Å²) >= 11 is 0. The van der Waals surface area contributed by atoms with Gasteiger partial charge in [-0.3, -0.25) is 14.4 Å². The highest BCUT2D eigenvalue weighted by Crippen LogP contribution is 2.52. The van der Waals surface area contributed by atoms with Crippen LogP contribution in [0.4, 0.5) is 13.2 Å². The maximum Gasteiger partial charge on any atom is 0.425 e. The molecule has 8 nitrogen and oxygen atoms in total. The van der Waals surface area contributed by atoms with Crippen LogP contribution >= 0.6 is 0 Å². The van der Waals surface area contributed by atoms with Gasteiger partial charge in [0.05, 0.1) is 33.4 Å². The zero-order valence-electron chi connectivity index (χ0n) is 22.2. The molecule has 0 spiro atoms. The number of ketones is 1. The molecule has 0 fully saturated rings. The lowest BCUT2D eigenvalue weighted by atomic mass is 9.72. The van der Waals surface area contributed by atoms with Gasteiger partial charge < -0.3 is 24.4 Å². The highest BCUT2D eigenvalue weighted by atomic mass is 19.4. The smallest absolute Gasteiger partial charge is 0.425 e. The predicted molar refractivity (Wildman–Crippen MR) is 134 cm³/mol. The molecule has 1 aliphatic carbocycles. The van der Waals surface area contributed by atoms with Crippen LogP contribution < -0.4 is 19.5 Å². The van der Waals surface area contributed by atoms with Gasteiger partial charge in [-0.1, -0.05) is 26.0 Å². The SMILES string of the molecule is COc1ccc(CN2C(=O)[C@@](NC(=O)c3ccc(OC)c(OC)c3)(C(F)(F)F)C3=C2CC(C)(C)CC3=O)cc1. The molecule has 0 radical (unpaired) electrons. The number of Topliss-reactive ketones (excluding diaryl/α,β-unsaturated/α-hetero) is 1. The molecule has 208 valence electrons. The minimum absolute atomic E-state index is 0.0398. The lowest BCUT2D eigenvalue weighted by molar-refractivity contribution is -0.190. The largest absolute Gasteiger partial charge is 0.497 e. The van der Waals surface area contributed by atoms with E-state index in [1.54, 1.807) is 38.1 Å². The van der Waals surface area contributed by atoms with Gasteiger partial charge in [-0.15, -0.1) is 0 Å². The van der Waals surface area contributed by atoms with E-state index in [0.717, 1.165) is 4.90 Å². The summed E-state index contributed by atoms with van der Waals surface area (Å²) in [5.41, 5.74) is -4.70. The van der Waals surface area contributed by atoms with Gasteiger partial charge >= 0.3 is 6.18 Å². The third-order valence-electron chi connectivity index (χ3n) is 6.99. The second kappa shape index (κ2) is 9.94. The van der Waals surface area contributed by atoms with E-state index in [1.165, 1.54) is 39.5 Å². The first-order chi connectivity index (χ1) is 18.3. The molecule has 0 unspecified atom stereocenters. The van der Waals surface area contributed by atoms with Gasteiger partial charge in [0, 0.05) is 17.7 Å². The van der Waals surface area contributed by atoms with Gasteiger partial charge in [-0.25, -0.2) is 0 Å². The number of carbonyl (C=O) groups is 3. The standard InChI is InChI=1S/C28H29F3N2O6/c1-26(2)13-19-23(20(34)14-26)27(28(29,30)31,25(36)33(19)15-16-6-9-18(37-3)10-7-16)32-24(35)17-8-11-21(38-4)22(12-17)39-5/h6-12H,13-15H2,1-5H3,(H,32,35)/t27-/m1/s1. The second-order valence-electron chi connectivity index (χ2n) is 10.3. The molecule has 0 saturated heterocycles. The molecule has 2 aromatic carbocycles. The minimum Gasteiger partial charge on any atom is -0.497 e. The Balaban J connectivity index is 1.83. The summed E-state index contributed by atoms with van der Waals surface area (Å²) in [4.78, 5) is 41.4. The maximum atomic E-state index is 15.0. The van der Waals surface area contributed by atoms with Crippen LogP contribution in [-0.4, -0.2) is 55.5 Å². The van der Waals surface area contributed by atoms with Crippen molar-refractivity contribution in [1.29, 1.82) is 0 Å². The normalized spacial score (nSPS) is 20.6. The number of rotatable bonds is 7. The third-order valence-corrected chi connectivity index (χ3v) is 6.99. The average Bonchev–Trinajstić information content (AvgIpc) is 3.11. The van der Waals surface area contributed by atoms with Crippen molar-refractivity contribution in [3.63, 3.8) is 0 Å². The van der Waals surface area contributed by atoms with Gasteiger partial charge in [0.25, 0.3) is 11.8 Å². The van der Waals surface area contributed by atoms with Crippen molar-refractivity contribution in [2.45, 2.75) is 44.9 Å². The number of hydrogen-bond acceptors (Lipinski definition) is 6. The van der Waals surface area contributed by atoms with Crippen molar-refractivity contribution in [1.82, 2.24) is 10.2 Å². The summed E-state index contributed by atoms with van der Waals surface area (Å²) in [6.45, 7) is 3.27. The topological polar surface area (TPSA) is 94.2 Å². The summed E-state index contributed by atoms with van der Waals surface area (Å²) in [5, 5.41) is 1.93. The summed E-state index contributed by atoms with van der Waals surface area (Å²) in [7, 11) is 4.16. The van der Waals surface area contributed by atoms with Crippen LogP contribution in [0.5, 0.6) is 17.2 Å². The van der Waals surface area contributed by atoms with Crippen molar-refractivity contribution < 1.29 is 41.8 Å². The molecule has 11 heteroatoms. The molecule has 1 atom stereocenters. The van der Waals surface area contributed by atoms with E-state index in [0.29, 0.717) is 11.3 Å². The molecule has 1 N–H and O–H groups in total. The molecule has 1 aliphatic heterocycles. The quantitative estimate of drug-likeness (QED) is 0.553. The number of hydrogen-bond donors (Lipinski definition) is 1. The zero-order valence-corrected chi connectivity index (χ0v) is 22.2. The Morgan fingerprint density at radius 1 is 0.949 bits per heavy atom. The number of methoxy groups -OCH3 is 3. The van der Waals surface area contributed by atoms with Crippen molar-refractivity contribution >= 4 is 17.6 Å². The number of benzene rings is 2. The Morgan fingerprint density at radius 3 is 2.15 bits per heavy atom. The van der Waals surface area contributed by atoms with Crippen LogP contribution in [0, 0.1) is 5.41 Å². The van der Waals surface area contributed by atoms with Crippen LogP contribution in [0.25, 0.3) is 0 Å². The Morgan fingerprint density at radius 2 is 1.59 bits per heavy atom. The van der Waals surface area contributed by atoms with Gasteiger partial charge in [-0.05, 0) is 47.7 Å². The van der Waals surface area contributed by atoms with Crippen LogP contribution in [-0.2, 0) is 16.1 Å². The zero-order chi connectivity index (χ0) is 28.8. The highest BCUT2D eigenvalue weighted by molar-refractivity contribution is 6.14. The van der Waals surface area contributed by atoms with E-state index in [4.69, 9.17) is 14.2 Å². The predicted octanol–water partition coefficient (Wildman–Crippen LogP) is 4.43. The van der Waals surface area contributed by atoms with Crippen LogP contribution in [0.15, 0.2) is 53.7 Å². The van der Waals surface area contributed by atoms with Crippen molar-refractivity contribution in [2.24, 2.45) is 5.41 Å². The van der Waals surface area contributed by atoms with Crippen molar-refractivity contribution in [3.05, 3.63) is 64.9 Å².